The average molecular weight is 254 g/mol. The zero-order valence-electron chi connectivity index (χ0n) is 11.4. The van der Waals surface area contributed by atoms with Gasteiger partial charge >= 0.3 is 0 Å². The van der Waals surface area contributed by atoms with Crippen LogP contribution in [0.4, 0.5) is 4.39 Å². The van der Waals surface area contributed by atoms with Crippen LogP contribution in [0.1, 0.15) is 38.3 Å². The Balaban J connectivity index is 2.80. The molecule has 1 aromatic heterocycles. The maximum Gasteiger partial charge on any atom is 0.146 e. The molecule has 0 aliphatic heterocycles. The molecule has 2 atom stereocenters. The summed E-state index contributed by atoms with van der Waals surface area (Å²) in [5.74, 6) is 0.0729. The first kappa shape index (κ1) is 15.1. The third kappa shape index (κ3) is 4.35. The molecule has 0 saturated heterocycles. The summed E-state index contributed by atoms with van der Waals surface area (Å²) in [4.78, 5) is 3.80. The molecule has 18 heavy (non-hydrogen) atoms. The van der Waals surface area contributed by atoms with Crippen LogP contribution in [0.3, 0.4) is 0 Å². The summed E-state index contributed by atoms with van der Waals surface area (Å²) in [5.41, 5.74) is 0.696. The van der Waals surface area contributed by atoms with Crippen molar-refractivity contribution < 1.29 is 9.13 Å². The molecular weight excluding hydrogens is 231 g/mol. The van der Waals surface area contributed by atoms with E-state index in [1.54, 1.807) is 19.4 Å². The van der Waals surface area contributed by atoms with Crippen LogP contribution in [0.15, 0.2) is 18.5 Å². The predicted octanol–water partition coefficient (Wildman–Crippen LogP) is 2.93. The number of halogens is 1. The zero-order chi connectivity index (χ0) is 13.4. The molecule has 0 radical (unpaired) electrons. The van der Waals surface area contributed by atoms with E-state index in [-0.39, 0.29) is 11.9 Å². The quantitative estimate of drug-likeness (QED) is 0.774. The Labute approximate surface area is 109 Å². The summed E-state index contributed by atoms with van der Waals surface area (Å²) < 4.78 is 18.9. The van der Waals surface area contributed by atoms with Crippen molar-refractivity contribution in [3.8, 4) is 0 Å². The Morgan fingerprint density at radius 3 is 2.89 bits per heavy atom. The van der Waals surface area contributed by atoms with Crippen LogP contribution in [0, 0.1) is 11.7 Å². The molecule has 0 amide bonds. The summed E-state index contributed by atoms with van der Waals surface area (Å²) >= 11 is 0. The lowest BCUT2D eigenvalue weighted by atomic mass is 9.92. The van der Waals surface area contributed by atoms with E-state index in [9.17, 15) is 4.39 Å². The molecule has 0 aliphatic rings. The molecule has 3 nitrogen and oxygen atoms in total. The third-order valence-corrected chi connectivity index (χ3v) is 3.10. The first-order chi connectivity index (χ1) is 8.70. The number of nitrogens with zero attached hydrogens (tertiary/aromatic N) is 1. The number of rotatable bonds is 8. The SMILES string of the molecule is CCCNC(c1ccncc1F)C(C)CCOC. The van der Waals surface area contributed by atoms with Crippen LogP contribution in [0.25, 0.3) is 0 Å². The van der Waals surface area contributed by atoms with Crippen molar-refractivity contribution in [2.75, 3.05) is 20.3 Å². The van der Waals surface area contributed by atoms with E-state index in [1.165, 1.54) is 6.20 Å². The third-order valence-electron chi connectivity index (χ3n) is 3.10. The van der Waals surface area contributed by atoms with Gasteiger partial charge < -0.3 is 10.1 Å². The fraction of sp³-hybridized carbons (Fsp3) is 0.643. The smallest absolute Gasteiger partial charge is 0.146 e. The minimum Gasteiger partial charge on any atom is -0.385 e. The standard InChI is InChI=1S/C14H23FN2O/c1-4-7-17-14(11(2)6-9-18-3)12-5-8-16-10-13(12)15/h5,8,10-11,14,17H,4,6-7,9H2,1-3H3. The lowest BCUT2D eigenvalue weighted by Crippen LogP contribution is -2.29. The fourth-order valence-corrected chi connectivity index (χ4v) is 2.03. The molecule has 0 aromatic carbocycles. The van der Waals surface area contributed by atoms with E-state index < -0.39 is 0 Å². The van der Waals surface area contributed by atoms with Crippen molar-refractivity contribution in [1.82, 2.24) is 10.3 Å². The monoisotopic (exact) mass is 254 g/mol. The second-order valence-electron chi connectivity index (χ2n) is 4.59. The topological polar surface area (TPSA) is 34.2 Å². The van der Waals surface area contributed by atoms with Gasteiger partial charge in [-0.3, -0.25) is 4.98 Å². The van der Waals surface area contributed by atoms with E-state index in [0.717, 1.165) is 19.4 Å². The minimum atomic E-state index is -0.240. The molecule has 2 unspecified atom stereocenters. The van der Waals surface area contributed by atoms with Gasteiger partial charge in [-0.05, 0) is 31.4 Å². The second kappa shape index (κ2) is 8.16. The average Bonchev–Trinajstić information content (AvgIpc) is 2.38. The first-order valence-corrected chi connectivity index (χ1v) is 6.52. The molecule has 1 N–H and O–H groups in total. The number of hydrogen-bond acceptors (Lipinski definition) is 3. The van der Waals surface area contributed by atoms with Gasteiger partial charge in [-0.2, -0.15) is 0 Å². The molecule has 1 aromatic rings. The highest BCUT2D eigenvalue weighted by Gasteiger charge is 2.21. The van der Waals surface area contributed by atoms with Crippen LogP contribution in [-0.2, 0) is 4.74 Å². The fourth-order valence-electron chi connectivity index (χ4n) is 2.03. The summed E-state index contributed by atoms with van der Waals surface area (Å²) in [5, 5.41) is 3.41. The molecule has 0 bridgehead atoms. The Morgan fingerprint density at radius 1 is 1.50 bits per heavy atom. The zero-order valence-corrected chi connectivity index (χ0v) is 11.4. The van der Waals surface area contributed by atoms with Crippen molar-refractivity contribution in [2.24, 2.45) is 5.92 Å². The van der Waals surface area contributed by atoms with Gasteiger partial charge in [0.15, 0.2) is 0 Å². The first-order valence-electron chi connectivity index (χ1n) is 6.52. The van der Waals surface area contributed by atoms with Crippen LogP contribution >= 0.6 is 0 Å². The van der Waals surface area contributed by atoms with E-state index >= 15 is 0 Å². The van der Waals surface area contributed by atoms with E-state index in [2.05, 4.69) is 24.1 Å². The molecule has 4 heteroatoms. The van der Waals surface area contributed by atoms with Gasteiger partial charge in [0.2, 0.25) is 0 Å². The van der Waals surface area contributed by atoms with Gasteiger partial charge in [-0.15, -0.1) is 0 Å². The number of pyridine rings is 1. The maximum atomic E-state index is 13.8. The van der Waals surface area contributed by atoms with Gasteiger partial charge in [-0.1, -0.05) is 13.8 Å². The molecule has 0 spiro atoms. The maximum absolute atomic E-state index is 13.8. The molecule has 102 valence electrons. The van der Waals surface area contributed by atoms with E-state index in [0.29, 0.717) is 18.1 Å². The molecule has 0 fully saturated rings. The van der Waals surface area contributed by atoms with Crippen LogP contribution in [0.5, 0.6) is 0 Å². The summed E-state index contributed by atoms with van der Waals surface area (Å²) in [6.45, 7) is 5.79. The number of nitrogens with one attached hydrogen (secondary N) is 1. The highest BCUT2D eigenvalue weighted by atomic mass is 19.1. The van der Waals surface area contributed by atoms with Crippen molar-refractivity contribution in [3.05, 3.63) is 29.8 Å². The lowest BCUT2D eigenvalue weighted by Gasteiger charge is -2.25. The Bertz CT molecular complexity index is 346. The Hall–Kier alpha value is -1.00. The van der Waals surface area contributed by atoms with Gasteiger partial charge in [0, 0.05) is 31.5 Å². The van der Waals surface area contributed by atoms with Gasteiger partial charge in [-0.25, -0.2) is 4.39 Å². The van der Waals surface area contributed by atoms with Gasteiger partial charge in [0.1, 0.15) is 5.82 Å². The molecular formula is C14H23FN2O. The highest BCUT2D eigenvalue weighted by molar-refractivity contribution is 5.18. The number of aromatic nitrogens is 1. The summed E-state index contributed by atoms with van der Waals surface area (Å²) in [7, 11) is 1.69. The molecule has 1 rings (SSSR count). The van der Waals surface area contributed by atoms with E-state index in [4.69, 9.17) is 4.74 Å². The van der Waals surface area contributed by atoms with Crippen molar-refractivity contribution in [1.29, 1.82) is 0 Å². The minimum absolute atomic E-state index is 0.0168. The van der Waals surface area contributed by atoms with Gasteiger partial charge in [0.25, 0.3) is 0 Å². The Morgan fingerprint density at radius 2 is 2.28 bits per heavy atom. The number of methoxy groups -OCH3 is 1. The Kier molecular flexibility index (Phi) is 6.83. The van der Waals surface area contributed by atoms with E-state index in [1.807, 2.05) is 0 Å². The normalized spacial score (nSPS) is 14.4. The summed E-state index contributed by atoms with van der Waals surface area (Å²) in [6.07, 6.45) is 4.85. The van der Waals surface area contributed by atoms with Gasteiger partial charge in [0.05, 0.1) is 6.20 Å². The number of ether oxygens (including phenoxy) is 1. The van der Waals surface area contributed by atoms with Crippen molar-refractivity contribution in [2.45, 2.75) is 32.7 Å². The number of hydrogen-bond donors (Lipinski definition) is 1. The van der Waals surface area contributed by atoms with Crippen molar-refractivity contribution >= 4 is 0 Å². The second-order valence-corrected chi connectivity index (χ2v) is 4.59. The predicted molar refractivity (Wildman–Crippen MR) is 70.9 cm³/mol. The highest BCUT2D eigenvalue weighted by Crippen LogP contribution is 2.26. The summed E-state index contributed by atoms with van der Waals surface area (Å²) in [6, 6.07) is 1.77. The van der Waals surface area contributed by atoms with Crippen molar-refractivity contribution in [3.63, 3.8) is 0 Å². The van der Waals surface area contributed by atoms with Crippen LogP contribution in [-0.4, -0.2) is 25.2 Å². The largest absolute Gasteiger partial charge is 0.385 e. The van der Waals surface area contributed by atoms with Crippen LogP contribution < -0.4 is 5.32 Å². The lowest BCUT2D eigenvalue weighted by molar-refractivity contribution is 0.169. The van der Waals surface area contributed by atoms with Crippen LogP contribution in [0.2, 0.25) is 0 Å². The molecule has 0 aliphatic carbocycles. The molecule has 1 heterocycles. The molecule has 0 saturated carbocycles.